The number of hydrogen-bond acceptors (Lipinski definition) is 3. The largest absolute Gasteiger partial charge is 0.377 e. The molecule has 100 valence electrons. The van der Waals surface area contributed by atoms with Gasteiger partial charge in [0.15, 0.2) is 0 Å². The van der Waals surface area contributed by atoms with Gasteiger partial charge in [0.1, 0.15) is 5.82 Å². The molecule has 0 amide bonds. The summed E-state index contributed by atoms with van der Waals surface area (Å²) < 4.78 is 19.1. The molecule has 2 unspecified atom stereocenters. The topological polar surface area (TPSA) is 47.3 Å². The lowest BCUT2D eigenvalue weighted by Crippen LogP contribution is -2.34. The molecule has 1 heterocycles. The Morgan fingerprint density at radius 2 is 2.39 bits per heavy atom. The molecule has 1 fully saturated rings. The smallest absolute Gasteiger partial charge is 0.126 e. The van der Waals surface area contributed by atoms with Crippen LogP contribution in [-0.4, -0.2) is 25.8 Å². The first-order chi connectivity index (χ1) is 8.70. The zero-order chi connectivity index (χ0) is 13.0. The van der Waals surface area contributed by atoms with Crippen molar-refractivity contribution in [2.45, 2.75) is 31.9 Å². The standard InChI is InChI=1S/C14H21FN2O/c1-10-4-5-11(7-13(10)15)14(8-16)17-9-12-3-2-6-18-12/h4-5,7,12,14,17H,2-3,6,8-9,16H2,1H3. The van der Waals surface area contributed by atoms with Crippen molar-refractivity contribution in [3.05, 3.63) is 35.1 Å². The minimum absolute atomic E-state index is 0.00991. The number of benzene rings is 1. The normalized spacial score (nSPS) is 21.2. The van der Waals surface area contributed by atoms with E-state index < -0.39 is 0 Å². The lowest BCUT2D eigenvalue weighted by Gasteiger charge is -2.20. The van der Waals surface area contributed by atoms with Crippen molar-refractivity contribution in [1.82, 2.24) is 5.32 Å². The summed E-state index contributed by atoms with van der Waals surface area (Å²) >= 11 is 0. The fraction of sp³-hybridized carbons (Fsp3) is 0.571. The highest BCUT2D eigenvalue weighted by atomic mass is 19.1. The first kappa shape index (κ1) is 13.5. The van der Waals surface area contributed by atoms with Crippen molar-refractivity contribution in [3.8, 4) is 0 Å². The highest BCUT2D eigenvalue weighted by molar-refractivity contribution is 5.26. The second-order valence-electron chi connectivity index (χ2n) is 4.84. The predicted octanol–water partition coefficient (Wildman–Crippen LogP) is 1.90. The second kappa shape index (κ2) is 6.27. The Kier molecular flexibility index (Phi) is 4.69. The summed E-state index contributed by atoms with van der Waals surface area (Å²) in [6.07, 6.45) is 2.49. The second-order valence-corrected chi connectivity index (χ2v) is 4.84. The van der Waals surface area contributed by atoms with Gasteiger partial charge in [0, 0.05) is 25.7 Å². The third-order valence-electron chi connectivity index (χ3n) is 3.45. The summed E-state index contributed by atoms with van der Waals surface area (Å²) in [6.45, 7) is 3.84. The fourth-order valence-corrected chi connectivity index (χ4v) is 2.24. The van der Waals surface area contributed by atoms with Gasteiger partial charge in [0.2, 0.25) is 0 Å². The zero-order valence-electron chi connectivity index (χ0n) is 10.8. The maximum Gasteiger partial charge on any atom is 0.126 e. The van der Waals surface area contributed by atoms with Crippen molar-refractivity contribution in [2.24, 2.45) is 5.73 Å². The first-order valence-electron chi connectivity index (χ1n) is 6.52. The van der Waals surface area contributed by atoms with Gasteiger partial charge >= 0.3 is 0 Å². The van der Waals surface area contributed by atoms with E-state index in [1.165, 1.54) is 0 Å². The van der Waals surface area contributed by atoms with Crippen LogP contribution in [0.2, 0.25) is 0 Å². The molecule has 0 bridgehead atoms. The van der Waals surface area contributed by atoms with E-state index in [4.69, 9.17) is 10.5 Å². The van der Waals surface area contributed by atoms with Crippen molar-refractivity contribution >= 4 is 0 Å². The minimum atomic E-state index is -0.176. The Balaban J connectivity index is 1.96. The highest BCUT2D eigenvalue weighted by Crippen LogP contribution is 2.17. The van der Waals surface area contributed by atoms with Gasteiger partial charge in [-0.1, -0.05) is 12.1 Å². The van der Waals surface area contributed by atoms with E-state index in [1.807, 2.05) is 6.07 Å². The molecule has 2 rings (SSSR count). The molecule has 0 saturated carbocycles. The molecule has 0 radical (unpaired) electrons. The third kappa shape index (κ3) is 3.28. The number of hydrogen-bond donors (Lipinski definition) is 2. The van der Waals surface area contributed by atoms with Gasteiger partial charge < -0.3 is 15.8 Å². The molecule has 3 N–H and O–H groups in total. The lowest BCUT2D eigenvalue weighted by atomic mass is 10.0. The molecular formula is C14H21FN2O. The van der Waals surface area contributed by atoms with Crippen molar-refractivity contribution in [3.63, 3.8) is 0 Å². The summed E-state index contributed by atoms with van der Waals surface area (Å²) in [7, 11) is 0. The molecule has 4 heteroatoms. The highest BCUT2D eigenvalue weighted by Gasteiger charge is 2.18. The average Bonchev–Trinajstić information content (AvgIpc) is 2.87. The number of halogens is 1. The SMILES string of the molecule is Cc1ccc(C(CN)NCC2CCCO2)cc1F. The summed E-state index contributed by atoms with van der Waals surface area (Å²) in [6, 6.07) is 5.28. The van der Waals surface area contributed by atoms with E-state index in [9.17, 15) is 4.39 Å². The Hall–Kier alpha value is -0.970. The number of nitrogens with one attached hydrogen (secondary N) is 1. The lowest BCUT2D eigenvalue weighted by molar-refractivity contribution is 0.107. The summed E-state index contributed by atoms with van der Waals surface area (Å²) in [5.41, 5.74) is 7.31. The van der Waals surface area contributed by atoms with E-state index in [2.05, 4.69) is 5.32 Å². The van der Waals surface area contributed by atoms with Crippen molar-refractivity contribution in [1.29, 1.82) is 0 Å². The Morgan fingerprint density at radius 3 is 3.00 bits per heavy atom. The van der Waals surface area contributed by atoms with Gasteiger partial charge in [0.05, 0.1) is 6.10 Å². The third-order valence-corrected chi connectivity index (χ3v) is 3.45. The maximum absolute atomic E-state index is 13.5. The molecule has 0 spiro atoms. The van der Waals surface area contributed by atoms with Gasteiger partial charge in [-0.15, -0.1) is 0 Å². The van der Waals surface area contributed by atoms with Crippen LogP contribution >= 0.6 is 0 Å². The van der Waals surface area contributed by atoms with Gasteiger partial charge in [-0.25, -0.2) is 4.39 Å². The van der Waals surface area contributed by atoms with E-state index in [-0.39, 0.29) is 18.0 Å². The van der Waals surface area contributed by atoms with Crippen LogP contribution in [-0.2, 0) is 4.74 Å². The van der Waals surface area contributed by atoms with E-state index in [0.717, 1.165) is 31.6 Å². The summed E-state index contributed by atoms with van der Waals surface area (Å²) in [4.78, 5) is 0. The molecule has 2 atom stereocenters. The van der Waals surface area contributed by atoms with Crippen LogP contribution in [0.25, 0.3) is 0 Å². The molecule has 1 aromatic rings. The van der Waals surface area contributed by atoms with E-state index >= 15 is 0 Å². The van der Waals surface area contributed by atoms with Gasteiger partial charge in [0.25, 0.3) is 0 Å². The number of ether oxygens (including phenoxy) is 1. The van der Waals surface area contributed by atoms with Crippen LogP contribution in [0.15, 0.2) is 18.2 Å². The molecule has 1 aliphatic rings. The molecule has 0 aliphatic carbocycles. The summed E-state index contributed by atoms with van der Waals surface area (Å²) in [5.74, 6) is -0.176. The van der Waals surface area contributed by atoms with Crippen LogP contribution in [0.3, 0.4) is 0 Å². The molecule has 1 aliphatic heterocycles. The van der Waals surface area contributed by atoms with E-state index in [0.29, 0.717) is 12.1 Å². The molecule has 18 heavy (non-hydrogen) atoms. The Labute approximate surface area is 108 Å². The average molecular weight is 252 g/mol. The van der Waals surface area contributed by atoms with E-state index in [1.54, 1.807) is 19.1 Å². The molecule has 3 nitrogen and oxygen atoms in total. The van der Waals surface area contributed by atoms with Gasteiger partial charge in [-0.2, -0.15) is 0 Å². The molecule has 0 aromatic heterocycles. The van der Waals surface area contributed by atoms with Crippen LogP contribution in [0, 0.1) is 12.7 Å². The van der Waals surface area contributed by atoms with Crippen LogP contribution in [0.4, 0.5) is 4.39 Å². The zero-order valence-corrected chi connectivity index (χ0v) is 10.8. The Bertz CT molecular complexity index is 391. The number of aryl methyl sites for hydroxylation is 1. The van der Waals surface area contributed by atoms with Crippen molar-refractivity contribution in [2.75, 3.05) is 19.7 Å². The van der Waals surface area contributed by atoms with Gasteiger partial charge in [-0.05, 0) is 37.0 Å². The fourth-order valence-electron chi connectivity index (χ4n) is 2.24. The number of nitrogens with two attached hydrogens (primary N) is 1. The monoisotopic (exact) mass is 252 g/mol. The molecular weight excluding hydrogens is 231 g/mol. The van der Waals surface area contributed by atoms with Crippen LogP contribution in [0.1, 0.15) is 30.0 Å². The van der Waals surface area contributed by atoms with Crippen LogP contribution in [0.5, 0.6) is 0 Å². The number of rotatable bonds is 5. The molecule has 1 saturated heterocycles. The van der Waals surface area contributed by atoms with Crippen molar-refractivity contribution < 1.29 is 9.13 Å². The van der Waals surface area contributed by atoms with Gasteiger partial charge in [-0.3, -0.25) is 0 Å². The minimum Gasteiger partial charge on any atom is -0.377 e. The maximum atomic E-state index is 13.5. The first-order valence-corrected chi connectivity index (χ1v) is 6.52. The molecule has 1 aromatic carbocycles. The summed E-state index contributed by atoms with van der Waals surface area (Å²) in [5, 5.41) is 3.36. The predicted molar refractivity (Wildman–Crippen MR) is 69.9 cm³/mol. The quantitative estimate of drug-likeness (QED) is 0.841. The van der Waals surface area contributed by atoms with Crippen LogP contribution < -0.4 is 11.1 Å². The Morgan fingerprint density at radius 1 is 1.56 bits per heavy atom.